The average molecular weight is 271 g/mol. The van der Waals surface area contributed by atoms with Crippen molar-refractivity contribution in [1.29, 1.82) is 0 Å². The smallest absolute Gasteiger partial charge is 0.307 e. The topological polar surface area (TPSA) is 66.4 Å². The van der Waals surface area contributed by atoms with Gasteiger partial charge in [0.1, 0.15) is 11.6 Å². The van der Waals surface area contributed by atoms with Crippen molar-refractivity contribution in [2.75, 3.05) is 0 Å². The van der Waals surface area contributed by atoms with Crippen LogP contribution in [0, 0.1) is 23.5 Å². The van der Waals surface area contributed by atoms with E-state index in [0.717, 1.165) is 18.2 Å². The maximum Gasteiger partial charge on any atom is 0.307 e. The van der Waals surface area contributed by atoms with Crippen molar-refractivity contribution >= 4 is 11.9 Å². The fourth-order valence-electron chi connectivity index (χ4n) is 1.46. The summed E-state index contributed by atoms with van der Waals surface area (Å²) < 4.78 is 26.2. The van der Waals surface area contributed by atoms with Gasteiger partial charge in [-0.1, -0.05) is 13.8 Å². The van der Waals surface area contributed by atoms with Crippen molar-refractivity contribution in [2.45, 2.75) is 20.4 Å². The van der Waals surface area contributed by atoms with E-state index in [0.29, 0.717) is 0 Å². The molecule has 0 aliphatic rings. The summed E-state index contributed by atoms with van der Waals surface area (Å²) in [5.74, 6) is -4.43. The highest BCUT2D eigenvalue weighted by molar-refractivity contribution is 5.84. The van der Waals surface area contributed by atoms with Gasteiger partial charge >= 0.3 is 5.97 Å². The molecule has 2 N–H and O–H groups in total. The van der Waals surface area contributed by atoms with E-state index in [4.69, 9.17) is 5.11 Å². The molecule has 0 aliphatic carbocycles. The Labute approximate surface area is 109 Å². The number of rotatable bonds is 5. The maximum absolute atomic E-state index is 13.3. The van der Waals surface area contributed by atoms with E-state index in [1.54, 1.807) is 0 Å². The third kappa shape index (κ3) is 4.01. The van der Waals surface area contributed by atoms with Crippen molar-refractivity contribution in [2.24, 2.45) is 11.8 Å². The van der Waals surface area contributed by atoms with Crippen LogP contribution in [0.25, 0.3) is 0 Å². The van der Waals surface area contributed by atoms with Gasteiger partial charge in [-0.15, -0.1) is 0 Å². The van der Waals surface area contributed by atoms with Crippen LogP contribution in [0.1, 0.15) is 19.4 Å². The Hall–Kier alpha value is -1.98. The minimum absolute atomic E-state index is 0.0172. The highest BCUT2D eigenvalue weighted by atomic mass is 19.1. The Morgan fingerprint density at radius 1 is 1.26 bits per heavy atom. The van der Waals surface area contributed by atoms with Gasteiger partial charge in [-0.3, -0.25) is 9.59 Å². The maximum atomic E-state index is 13.3. The summed E-state index contributed by atoms with van der Waals surface area (Å²) in [4.78, 5) is 22.4. The molecule has 104 valence electrons. The number of carbonyl (C=O) groups excluding carboxylic acids is 1. The third-order valence-corrected chi connectivity index (χ3v) is 3.01. The molecule has 2 unspecified atom stereocenters. The van der Waals surface area contributed by atoms with Crippen LogP contribution >= 0.6 is 0 Å². The highest BCUT2D eigenvalue weighted by Crippen LogP contribution is 2.13. The van der Waals surface area contributed by atoms with Crippen LogP contribution in [0.5, 0.6) is 0 Å². The molecular weight excluding hydrogens is 256 g/mol. The number of carboxylic acid groups (broad SMARTS) is 1. The lowest BCUT2D eigenvalue weighted by molar-refractivity contribution is -0.146. The summed E-state index contributed by atoms with van der Waals surface area (Å²) in [7, 11) is 0. The van der Waals surface area contributed by atoms with E-state index in [1.165, 1.54) is 13.8 Å². The number of nitrogens with one attached hydrogen (secondary N) is 1. The van der Waals surface area contributed by atoms with Crippen LogP contribution in [-0.2, 0) is 16.1 Å². The normalized spacial score (nSPS) is 13.7. The largest absolute Gasteiger partial charge is 0.481 e. The number of amides is 1. The Kier molecular flexibility index (Phi) is 4.97. The monoisotopic (exact) mass is 271 g/mol. The number of hydrogen-bond donors (Lipinski definition) is 2. The van der Waals surface area contributed by atoms with Gasteiger partial charge in [-0.05, 0) is 18.2 Å². The Bertz CT molecular complexity index is 491. The van der Waals surface area contributed by atoms with Crippen LogP contribution in [0.15, 0.2) is 18.2 Å². The van der Waals surface area contributed by atoms with E-state index in [-0.39, 0.29) is 12.1 Å². The molecular formula is C13H15F2NO3. The fourth-order valence-corrected chi connectivity index (χ4v) is 1.46. The van der Waals surface area contributed by atoms with Gasteiger partial charge in [-0.2, -0.15) is 0 Å². The van der Waals surface area contributed by atoms with E-state index in [2.05, 4.69) is 5.32 Å². The Morgan fingerprint density at radius 3 is 2.47 bits per heavy atom. The first-order chi connectivity index (χ1) is 8.82. The first kappa shape index (κ1) is 15.1. The predicted molar refractivity (Wildman–Crippen MR) is 64.2 cm³/mol. The standard InChI is InChI=1S/C13H15F2NO3/c1-7(8(2)13(18)19)12(17)16-6-9-5-10(14)3-4-11(9)15/h3-5,7-8H,6H2,1-2H3,(H,16,17)(H,18,19). The number of carboxylic acids is 1. The van der Waals surface area contributed by atoms with Crippen molar-refractivity contribution in [3.8, 4) is 0 Å². The van der Waals surface area contributed by atoms with Crippen molar-refractivity contribution in [3.63, 3.8) is 0 Å². The molecule has 0 aromatic heterocycles. The first-order valence-electron chi connectivity index (χ1n) is 5.77. The predicted octanol–water partition coefficient (Wildman–Crippen LogP) is 1.94. The number of hydrogen-bond acceptors (Lipinski definition) is 2. The molecule has 0 saturated carbocycles. The van der Waals surface area contributed by atoms with Crippen molar-refractivity contribution in [3.05, 3.63) is 35.4 Å². The lowest BCUT2D eigenvalue weighted by Gasteiger charge is -2.15. The SMILES string of the molecule is CC(C(=O)O)C(C)C(=O)NCc1cc(F)ccc1F. The number of halogens is 2. The zero-order chi connectivity index (χ0) is 14.6. The molecule has 0 radical (unpaired) electrons. The van der Waals surface area contributed by atoms with Crippen LogP contribution < -0.4 is 5.32 Å². The minimum Gasteiger partial charge on any atom is -0.481 e. The first-order valence-corrected chi connectivity index (χ1v) is 5.77. The molecule has 0 fully saturated rings. The number of benzene rings is 1. The molecule has 0 heterocycles. The van der Waals surface area contributed by atoms with Crippen LogP contribution in [0.4, 0.5) is 8.78 Å². The number of aliphatic carboxylic acids is 1. The van der Waals surface area contributed by atoms with Gasteiger partial charge in [0.25, 0.3) is 0 Å². The molecule has 0 aliphatic heterocycles. The second-order valence-electron chi connectivity index (χ2n) is 4.37. The van der Waals surface area contributed by atoms with Gasteiger partial charge in [0.15, 0.2) is 0 Å². The molecule has 0 spiro atoms. The van der Waals surface area contributed by atoms with E-state index in [9.17, 15) is 18.4 Å². The molecule has 6 heteroatoms. The third-order valence-electron chi connectivity index (χ3n) is 3.01. The molecule has 1 amide bonds. The summed E-state index contributed by atoms with van der Waals surface area (Å²) in [5.41, 5.74) is 0.0172. The molecule has 2 atom stereocenters. The number of carbonyl (C=O) groups is 2. The molecule has 19 heavy (non-hydrogen) atoms. The Balaban J connectivity index is 2.64. The fraction of sp³-hybridized carbons (Fsp3) is 0.385. The quantitative estimate of drug-likeness (QED) is 0.860. The molecule has 1 aromatic rings. The van der Waals surface area contributed by atoms with Gasteiger partial charge in [0, 0.05) is 18.0 Å². The Morgan fingerprint density at radius 2 is 1.89 bits per heavy atom. The summed E-state index contributed by atoms with van der Waals surface area (Å²) in [6, 6.07) is 2.94. The van der Waals surface area contributed by atoms with E-state index in [1.807, 2.05) is 0 Å². The molecule has 0 bridgehead atoms. The minimum atomic E-state index is -1.08. The van der Waals surface area contributed by atoms with Gasteiger partial charge in [-0.25, -0.2) is 8.78 Å². The van der Waals surface area contributed by atoms with Crippen molar-refractivity contribution in [1.82, 2.24) is 5.32 Å². The van der Waals surface area contributed by atoms with Gasteiger partial charge < -0.3 is 10.4 Å². The summed E-state index contributed by atoms with van der Waals surface area (Å²) in [6.45, 7) is 2.70. The van der Waals surface area contributed by atoms with Crippen LogP contribution in [0.2, 0.25) is 0 Å². The summed E-state index contributed by atoms with van der Waals surface area (Å²) in [6.07, 6.45) is 0. The molecule has 1 aromatic carbocycles. The lowest BCUT2D eigenvalue weighted by Crippen LogP contribution is -2.35. The second kappa shape index (κ2) is 6.26. The van der Waals surface area contributed by atoms with Gasteiger partial charge in [0.2, 0.25) is 5.91 Å². The van der Waals surface area contributed by atoms with Crippen LogP contribution in [0.3, 0.4) is 0 Å². The average Bonchev–Trinajstić information content (AvgIpc) is 2.37. The zero-order valence-corrected chi connectivity index (χ0v) is 10.6. The summed E-state index contributed by atoms with van der Waals surface area (Å²) >= 11 is 0. The molecule has 4 nitrogen and oxygen atoms in total. The molecule has 1 rings (SSSR count). The van der Waals surface area contributed by atoms with Crippen LogP contribution in [-0.4, -0.2) is 17.0 Å². The highest BCUT2D eigenvalue weighted by Gasteiger charge is 2.25. The molecule has 0 saturated heterocycles. The summed E-state index contributed by atoms with van der Waals surface area (Å²) in [5, 5.41) is 11.2. The van der Waals surface area contributed by atoms with Crippen molar-refractivity contribution < 1.29 is 23.5 Å². The zero-order valence-electron chi connectivity index (χ0n) is 10.6. The van der Waals surface area contributed by atoms with E-state index >= 15 is 0 Å². The lowest BCUT2D eigenvalue weighted by atomic mass is 9.95. The van der Waals surface area contributed by atoms with E-state index < -0.39 is 35.3 Å². The van der Waals surface area contributed by atoms with Gasteiger partial charge in [0.05, 0.1) is 5.92 Å². The second-order valence-corrected chi connectivity index (χ2v) is 4.37.